The van der Waals surface area contributed by atoms with Crippen molar-refractivity contribution >= 4 is 10.0 Å². The van der Waals surface area contributed by atoms with Gasteiger partial charge in [0.2, 0.25) is 10.0 Å². The normalized spacial score (nSPS) is 26.3. The number of rotatable bonds is 2. The van der Waals surface area contributed by atoms with Gasteiger partial charge < -0.3 is 0 Å². The van der Waals surface area contributed by atoms with E-state index in [1.54, 1.807) is 12.1 Å². The van der Waals surface area contributed by atoms with Crippen LogP contribution >= 0.6 is 0 Å². The maximum absolute atomic E-state index is 13.2. The summed E-state index contributed by atoms with van der Waals surface area (Å²) in [5.74, 6) is -0.110. The van der Waals surface area contributed by atoms with E-state index in [1.165, 1.54) is 22.7 Å². The van der Waals surface area contributed by atoms with Crippen molar-refractivity contribution in [2.45, 2.75) is 19.4 Å². The summed E-state index contributed by atoms with van der Waals surface area (Å²) in [6.07, 6.45) is 2.02. The van der Waals surface area contributed by atoms with Gasteiger partial charge in [-0.25, -0.2) is 12.8 Å². The predicted octanol–water partition coefficient (Wildman–Crippen LogP) is 2.17. The molecule has 1 heterocycles. The second-order valence-corrected chi connectivity index (χ2v) is 6.57. The molecule has 1 saturated heterocycles. The molecular formula is C12H16FNO2S. The number of halogens is 1. The summed E-state index contributed by atoms with van der Waals surface area (Å²) < 4.78 is 38.0. The van der Waals surface area contributed by atoms with Crippen LogP contribution in [0.2, 0.25) is 0 Å². The third-order valence-corrected chi connectivity index (χ3v) is 4.53. The van der Waals surface area contributed by atoms with Crippen molar-refractivity contribution in [3.63, 3.8) is 0 Å². The lowest BCUT2D eigenvalue weighted by Crippen LogP contribution is -2.30. The Kier molecular flexibility index (Phi) is 3.23. The Morgan fingerprint density at radius 2 is 2.12 bits per heavy atom. The molecule has 1 fully saturated rings. The fourth-order valence-corrected chi connectivity index (χ4v) is 3.65. The Balaban J connectivity index is 2.41. The third-order valence-electron chi connectivity index (χ3n) is 3.27. The van der Waals surface area contributed by atoms with Gasteiger partial charge in [-0.3, -0.25) is 0 Å². The smallest absolute Gasteiger partial charge is 0.211 e. The summed E-state index contributed by atoms with van der Waals surface area (Å²) >= 11 is 0. The van der Waals surface area contributed by atoms with E-state index >= 15 is 0 Å². The van der Waals surface area contributed by atoms with E-state index in [1.807, 2.05) is 6.92 Å². The van der Waals surface area contributed by atoms with E-state index in [9.17, 15) is 12.8 Å². The Morgan fingerprint density at radius 3 is 2.71 bits per heavy atom. The van der Waals surface area contributed by atoms with Gasteiger partial charge in [0.05, 0.1) is 12.3 Å². The van der Waals surface area contributed by atoms with Crippen molar-refractivity contribution in [2.24, 2.45) is 5.92 Å². The SMILES string of the molecule is CC1CCN(S(C)(=O)=O)C1c1cccc(F)c1. The second kappa shape index (κ2) is 4.38. The molecular weight excluding hydrogens is 241 g/mol. The molecule has 2 atom stereocenters. The van der Waals surface area contributed by atoms with E-state index in [0.717, 1.165) is 12.0 Å². The molecule has 94 valence electrons. The molecule has 1 aliphatic heterocycles. The van der Waals surface area contributed by atoms with Crippen LogP contribution in [-0.4, -0.2) is 25.5 Å². The van der Waals surface area contributed by atoms with Gasteiger partial charge >= 0.3 is 0 Å². The molecule has 1 aliphatic rings. The number of hydrogen-bond donors (Lipinski definition) is 0. The monoisotopic (exact) mass is 257 g/mol. The fraction of sp³-hybridized carbons (Fsp3) is 0.500. The van der Waals surface area contributed by atoms with Crippen molar-refractivity contribution in [3.05, 3.63) is 35.6 Å². The quantitative estimate of drug-likeness (QED) is 0.814. The Morgan fingerprint density at radius 1 is 1.41 bits per heavy atom. The van der Waals surface area contributed by atoms with Gasteiger partial charge in [0, 0.05) is 6.54 Å². The molecule has 17 heavy (non-hydrogen) atoms. The lowest BCUT2D eigenvalue weighted by molar-refractivity contribution is 0.358. The number of hydrogen-bond acceptors (Lipinski definition) is 2. The Hall–Kier alpha value is -0.940. The molecule has 1 aromatic carbocycles. The van der Waals surface area contributed by atoms with Crippen LogP contribution in [0.25, 0.3) is 0 Å². The van der Waals surface area contributed by atoms with Crippen molar-refractivity contribution < 1.29 is 12.8 Å². The molecule has 0 N–H and O–H groups in total. The van der Waals surface area contributed by atoms with Crippen molar-refractivity contribution in [2.75, 3.05) is 12.8 Å². The van der Waals surface area contributed by atoms with Crippen LogP contribution in [0.15, 0.2) is 24.3 Å². The molecule has 0 aromatic heterocycles. The lowest BCUT2D eigenvalue weighted by atomic mass is 9.96. The maximum Gasteiger partial charge on any atom is 0.211 e. The minimum Gasteiger partial charge on any atom is -0.212 e. The summed E-state index contributed by atoms with van der Waals surface area (Å²) in [6.45, 7) is 2.52. The summed E-state index contributed by atoms with van der Waals surface area (Å²) in [5, 5.41) is 0. The Bertz CT molecular complexity index is 515. The highest BCUT2D eigenvalue weighted by molar-refractivity contribution is 7.88. The van der Waals surface area contributed by atoms with Crippen LogP contribution in [0.5, 0.6) is 0 Å². The number of nitrogens with zero attached hydrogens (tertiary/aromatic N) is 1. The van der Waals surface area contributed by atoms with Gasteiger partial charge in [-0.05, 0) is 30.0 Å². The van der Waals surface area contributed by atoms with E-state index in [0.29, 0.717) is 6.54 Å². The highest BCUT2D eigenvalue weighted by Crippen LogP contribution is 2.38. The minimum atomic E-state index is -3.23. The van der Waals surface area contributed by atoms with Gasteiger partial charge in [-0.2, -0.15) is 4.31 Å². The highest BCUT2D eigenvalue weighted by atomic mass is 32.2. The first-order valence-electron chi connectivity index (χ1n) is 5.62. The largest absolute Gasteiger partial charge is 0.212 e. The van der Waals surface area contributed by atoms with E-state index in [-0.39, 0.29) is 17.8 Å². The molecule has 0 amide bonds. The summed E-state index contributed by atoms with van der Waals surface area (Å²) in [5.41, 5.74) is 0.737. The maximum atomic E-state index is 13.2. The van der Waals surface area contributed by atoms with Crippen LogP contribution < -0.4 is 0 Å². The third kappa shape index (κ3) is 2.50. The van der Waals surface area contributed by atoms with Gasteiger partial charge in [-0.1, -0.05) is 19.1 Å². The molecule has 3 nitrogen and oxygen atoms in total. The molecule has 5 heteroatoms. The van der Waals surface area contributed by atoms with Crippen molar-refractivity contribution in [3.8, 4) is 0 Å². The van der Waals surface area contributed by atoms with Crippen LogP contribution in [-0.2, 0) is 10.0 Å². The van der Waals surface area contributed by atoms with Crippen LogP contribution in [0.3, 0.4) is 0 Å². The average molecular weight is 257 g/mol. The molecule has 0 aliphatic carbocycles. The molecule has 0 radical (unpaired) electrons. The van der Waals surface area contributed by atoms with Gasteiger partial charge in [0.25, 0.3) is 0 Å². The zero-order valence-corrected chi connectivity index (χ0v) is 10.7. The Labute approximate surface area is 101 Å². The zero-order chi connectivity index (χ0) is 12.6. The lowest BCUT2D eigenvalue weighted by Gasteiger charge is -2.25. The molecule has 0 bridgehead atoms. The van der Waals surface area contributed by atoms with Crippen molar-refractivity contribution in [1.82, 2.24) is 4.31 Å². The van der Waals surface area contributed by atoms with Crippen LogP contribution in [0.4, 0.5) is 4.39 Å². The second-order valence-electron chi connectivity index (χ2n) is 4.64. The topological polar surface area (TPSA) is 37.4 Å². The summed E-state index contributed by atoms with van der Waals surface area (Å²) in [7, 11) is -3.23. The van der Waals surface area contributed by atoms with E-state index in [2.05, 4.69) is 0 Å². The molecule has 2 rings (SSSR count). The molecule has 0 saturated carbocycles. The molecule has 1 aromatic rings. The zero-order valence-electron chi connectivity index (χ0n) is 9.93. The first-order valence-corrected chi connectivity index (χ1v) is 7.46. The summed E-state index contributed by atoms with van der Waals surface area (Å²) in [6, 6.07) is 5.96. The minimum absolute atomic E-state index is 0.214. The number of sulfonamides is 1. The first-order chi connectivity index (χ1) is 7.89. The van der Waals surface area contributed by atoms with Gasteiger partial charge in [-0.15, -0.1) is 0 Å². The standard InChI is InChI=1S/C12H16FNO2S/c1-9-6-7-14(17(2,15)16)12(9)10-4-3-5-11(13)8-10/h3-5,8-9,12H,6-7H2,1-2H3. The first kappa shape index (κ1) is 12.5. The van der Waals surface area contributed by atoms with Crippen LogP contribution in [0, 0.1) is 11.7 Å². The van der Waals surface area contributed by atoms with Gasteiger partial charge in [0.15, 0.2) is 0 Å². The molecule has 2 unspecified atom stereocenters. The highest BCUT2D eigenvalue weighted by Gasteiger charge is 2.37. The molecule has 0 spiro atoms. The predicted molar refractivity (Wildman–Crippen MR) is 64.5 cm³/mol. The summed E-state index contributed by atoms with van der Waals surface area (Å²) in [4.78, 5) is 0. The van der Waals surface area contributed by atoms with E-state index in [4.69, 9.17) is 0 Å². The van der Waals surface area contributed by atoms with Crippen LogP contribution in [0.1, 0.15) is 24.9 Å². The van der Waals surface area contributed by atoms with Crippen molar-refractivity contribution in [1.29, 1.82) is 0 Å². The fourth-order valence-electron chi connectivity index (χ4n) is 2.47. The van der Waals surface area contributed by atoms with E-state index < -0.39 is 10.0 Å². The van der Waals surface area contributed by atoms with Gasteiger partial charge in [0.1, 0.15) is 5.82 Å². The average Bonchev–Trinajstić information content (AvgIpc) is 2.59. The number of benzene rings is 1.